The van der Waals surface area contributed by atoms with E-state index in [1.54, 1.807) is 42.5 Å². The Kier molecular flexibility index (Phi) is 5.68. The van der Waals surface area contributed by atoms with Crippen LogP contribution >= 0.6 is 23.2 Å². The van der Waals surface area contributed by atoms with Crippen molar-refractivity contribution in [3.05, 3.63) is 87.2 Å². The highest BCUT2D eigenvalue weighted by atomic mass is 35.5. The number of hydrogen-bond acceptors (Lipinski definition) is 3. The van der Waals surface area contributed by atoms with Gasteiger partial charge >= 0.3 is 5.97 Å². The Labute approximate surface area is 167 Å². The molecular formula is C21H17Cl2NO3. The number of esters is 1. The SMILES string of the molecule is Cc1cc(C(=O)COC(=O)c2ccc(Cl)cc2)c(C)n1-c1ccc(Cl)cc1. The van der Waals surface area contributed by atoms with E-state index in [1.807, 2.05) is 30.5 Å². The number of Topliss-reactive ketones (excluding diaryl/α,β-unsaturated/α-hetero) is 1. The second-order valence-electron chi connectivity index (χ2n) is 6.10. The number of benzene rings is 2. The lowest BCUT2D eigenvalue weighted by atomic mass is 10.1. The molecule has 0 spiro atoms. The van der Waals surface area contributed by atoms with Gasteiger partial charge in [0.05, 0.1) is 5.56 Å². The van der Waals surface area contributed by atoms with E-state index < -0.39 is 5.97 Å². The van der Waals surface area contributed by atoms with E-state index >= 15 is 0 Å². The number of aromatic nitrogens is 1. The highest BCUT2D eigenvalue weighted by Gasteiger charge is 2.18. The Morgan fingerprint density at radius 1 is 0.926 bits per heavy atom. The number of nitrogens with zero attached hydrogens (tertiary/aromatic N) is 1. The minimum atomic E-state index is -0.563. The molecule has 0 saturated carbocycles. The smallest absolute Gasteiger partial charge is 0.338 e. The number of carbonyl (C=O) groups excluding carboxylic acids is 2. The summed E-state index contributed by atoms with van der Waals surface area (Å²) in [7, 11) is 0. The summed E-state index contributed by atoms with van der Waals surface area (Å²) in [5, 5.41) is 1.17. The average Bonchev–Trinajstić information content (AvgIpc) is 2.95. The Bertz CT molecular complexity index is 990. The van der Waals surface area contributed by atoms with Gasteiger partial charge in [-0.05, 0) is 68.4 Å². The highest BCUT2D eigenvalue weighted by Crippen LogP contribution is 2.23. The van der Waals surface area contributed by atoms with Crippen LogP contribution in [0.15, 0.2) is 54.6 Å². The van der Waals surface area contributed by atoms with Crippen molar-refractivity contribution in [3.63, 3.8) is 0 Å². The highest BCUT2D eigenvalue weighted by molar-refractivity contribution is 6.30. The Morgan fingerprint density at radius 2 is 1.48 bits per heavy atom. The van der Waals surface area contributed by atoms with Crippen molar-refractivity contribution in [1.82, 2.24) is 4.57 Å². The number of hydrogen-bond donors (Lipinski definition) is 0. The van der Waals surface area contributed by atoms with Crippen LogP contribution < -0.4 is 0 Å². The van der Waals surface area contributed by atoms with Gasteiger partial charge in [0.2, 0.25) is 5.78 Å². The third-order valence-corrected chi connectivity index (χ3v) is 4.73. The molecule has 1 heterocycles. The van der Waals surface area contributed by atoms with Gasteiger partial charge in [-0.3, -0.25) is 4.79 Å². The molecule has 0 saturated heterocycles. The molecule has 4 nitrogen and oxygen atoms in total. The van der Waals surface area contributed by atoms with Gasteiger partial charge in [-0.1, -0.05) is 23.2 Å². The number of rotatable bonds is 5. The molecule has 0 aliphatic rings. The Balaban J connectivity index is 1.75. The molecule has 0 fully saturated rings. The monoisotopic (exact) mass is 401 g/mol. The molecule has 0 N–H and O–H groups in total. The van der Waals surface area contributed by atoms with Crippen LogP contribution in [-0.2, 0) is 4.74 Å². The van der Waals surface area contributed by atoms with Gasteiger partial charge in [-0.25, -0.2) is 4.79 Å². The van der Waals surface area contributed by atoms with Gasteiger partial charge in [-0.15, -0.1) is 0 Å². The minimum Gasteiger partial charge on any atom is -0.454 e. The van der Waals surface area contributed by atoms with E-state index in [-0.39, 0.29) is 12.4 Å². The van der Waals surface area contributed by atoms with Crippen LogP contribution in [0.25, 0.3) is 5.69 Å². The van der Waals surface area contributed by atoms with Gasteiger partial charge in [0.15, 0.2) is 6.61 Å². The first-order valence-corrected chi connectivity index (χ1v) is 9.03. The fraction of sp³-hybridized carbons (Fsp3) is 0.143. The molecular weight excluding hydrogens is 385 g/mol. The number of ketones is 1. The fourth-order valence-corrected chi connectivity index (χ4v) is 3.16. The second kappa shape index (κ2) is 7.99. The summed E-state index contributed by atoms with van der Waals surface area (Å²) in [6, 6.07) is 15.5. The quantitative estimate of drug-likeness (QED) is 0.422. The molecule has 0 atom stereocenters. The molecule has 0 aliphatic carbocycles. The largest absolute Gasteiger partial charge is 0.454 e. The lowest BCUT2D eigenvalue weighted by Gasteiger charge is -2.10. The van der Waals surface area contributed by atoms with Gasteiger partial charge < -0.3 is 9.30 Å². The van der Waals surface area contributed by atoms with E-state index in [2.05, 4.69) is 0 Å². The second-order valence-corrected chi connectivity index (χ2v) is 6.98. The summed E-state index contributed by atoms with van der Waals surface area (Å²) in [4.78, 5) is 24.6. The van der Waals surface area contributed by atoms with Gasteiger partial charge in [-0.2, -0.15) is 0 Å². The number of carbonyl (C=O) groups is 2. The zero-order valence-electron chi connectivity index (χ0n) is 14.8. The van der Waals surface area contributed by atoms with Gasteiger partial charge in [0.25, 0.3) is 0 Å². The zero-order chi connectivity index (χ0) is 19.6. The Morgan fingerprint density at radius 3 is 2.07 bits per heavy atom. The van der Waals surface area contributed by atoms with Gasteiger partial charge in [0, 0.05) is 32.7 Å². The van der Waals surface area contributed by atoms with E-state index in [1.165, 1.54) is 0 Å². The van der Waals surface area contributed by atoms with Crippen molar-refractivity contribution in [2.75, 3.05) is 6.61 Å². The summed E-state index contributed by atoms with van der Waals surface area (Å²) in [6.07, 6.45) is 0. The number of halogens is 2. The first-order valence-electron chi connectivity index (χ1n) is 8.27. The number of ether oxygens (including phenoxy) is 1. The molecule has 6 heteroatoms. The van der Waals surface area contributed by atoms with Crippen molar-refractivity contribution in [2.45, 2.75) is 13.8 Å². The van der Waals surface area contributed by atoms with Crippen molar-refractivity contribution < 1.29 is 14.3 Å². The van der Waals surface area contributed by atoms with Crippen LogP contribution in [-0.4, -0.2) is 22.9 Å². The molecule has 2 aromatic carbocycles. The number of aryl methyl sites for hydroxylation is 1. The standard InChI is InChI=1S/C21H17Cl2NO3/c1-13-11-19(14(2)24(13)18-9-7-17(23)8-10-18)20(25)12-27-21(26)15-3-5-16(22)6-4-15/h3-11H,12H2,1-2H3. The van der Waals surface area contributed by atoms with Crippen molar-refractivity contribution in [3.8, 4) is 5.69 Å². The predicted molar refractivity (Wildman–Crippen MR) is 106 cm³/mol. The maximum Gasteiger partial charge on any atom is 0.338 e. The predicted octanol–water partition coefficient (Wildman–Crippen LogP) is 5.44. The third kappa shape index (κ3) is 4.24. The molecule has 3 rings (SSSR count). The molecule has 0 aliphatic heterocycles. The summed E-state index contributed by atoms with van der Waals surface area (Å²) < 4.78 is 7.11. The molecule has 0 bridgehead atoms. The van der Waals surface area contributed by atoms with Crippen molar-refractivity contribution >= 4 is 35.0 Å². The molecule has 138 valence electrons. The van der Waals surface area contributed by atoms with Crippen LogP contribution in [0.4, 0.5) is 0 Å². The maximum atomic E-state index is 12.6. The van der Waals surface area contributed by atoms with Crippen LogP contribution in [0.1, 0.15) is 32.1 Å². The van der Waals surface area contributed by atoms with E-state index in [0.717, 1.165) is 17.1 Å². The Hall–Kier alpha value is -2.56. The molecule has 1 aromatic heterocycles. The molecule has 27 heavy (non-hydrogen) atoms. The molecule has 0 amide bonds. The lowest BCUT2D eigenvalue weighted by molar-refractivity contribution is 0.0474. The van der Waals surface area contributed by atoms with E-state index in [4.69, 9.17) is 27.9 Å². The summed E-state index contributed by atoms with van der Waals surface area (Å²) in [6.45, 7) is 3.44. The van der Waals surface area contributed by atoms with Crippen molar-refractivity contribution in [2.24, 2.45) is 0 Å². The topological polar surface area (TPSA) is 48.3 Å². The van der Waals surface area contributed by atoms with Crippen LogP contribution in [0, 0.1) is 13.8 Å². The molecule has 0 radical (unpaired) electrons. The van der Waals surface area contributed by atoms with Crippen LogP contribution in [0.5, 0.6) is 0 Å². The van der Waals surface area contributed by atoms with Crippen LogP contribution in [0.3, 0.4) is 0 Å². The zero-order valence-corrected chi connectivity index (χ0v) is 16.3. The summed E-state index contributed by atoms with van der Waals surface area (Å²) in [5.74, 6) is -0.822. The minimum absolute atomic E-state index is 0.259. The first-order chi connectivity index (χ1) is 12.9. The van der Waals surface area contributed by atoms with Gasteiger partial charge in [0.1, 0.15) is 0 Å². The lowest BCUT2D eigenvalue weighted by Crippen LogP contribution is -2.15. The maximum absolute atomic E-state index is 12.6. The fourth-order valence-electron chi connectivity index (χ4n) is 2.91. The van der Waals surface area contributed by atoms with Crippen LogP contribution in [0.2, 0.25) is 10.0 Å². The summed E-state index contributed by atoms with van der Waals surface area (Å²) >= 11 is 11.7. The molecule has 3 aromatic rings. The molecule has 0 unspecified atom stereocenters. The third-order valence-electron chi connectivity index (χ3n) is 4.23. The average molecular weight is 402 g/mol. The summed E-state index contributed by atoms with van der Waals surface area (Å²) in [5.41, 5.74) is 3.46. The van der Waals surface area contributed by atoms with E-state index in [0.29, 0.717) is 21.2 Å². The van der Waals surface area contributed by atoms with Crippen molar-refractivity contribution in [1.29, 1.82) is 0 Å². The van der Waals surface area contributed by atoms with E-state index in [9.17, 15) is 9.59 Å². The first kappa shape index (κ1) is 19.2. The normalized spacial score (nSPS) is 10.7.